The minimum absolute atomic E-state index is 0.0310. The molecule has 1 aliphatic rings. The maximum Gasteiger partial charge on any atom is 0.323 e. The number of nitrogens with zero attached hydrogens (tertiary/aromatic N) is 5. The highest BCUT2D eigenvalue weighted by Gasteiger charge is 2.48. The zero-order chi connectivity index (χ0) is 30.7. The lowest BCUT2D eigenvalue weighted by molar-refractivity contribution is -0.172. The quantitative estimate of drug-likeness (QED) is 0.204. The van der Waals surface area contributed by atoms with E-state index in [4.69, 9.17) is 19.7 Å². The molecule has 3 heterocycles. The SMILES string of the molecule is CCCN(C)c1nc(N)nc2c1ncn2[C@@H]1O[C@](F)(CO[P@@](=O)(Cc2ccccc2)N[C@@H](C)C(=O)OC(C)C)C[C@@H]1C. The van der Waals surface area contributed by atoms with Crippen LogP contribution in [0.4, 0.5) is 16.2 Å². The van der Waals surface area contributed by atoms with Gasteiger partial charge in [-0.3, -0.25) is 13.9 Å². The maximum absolute atomic E-state index is 16.2. The molecule has 14 heteroatoms. The number of fused-ring (bicyclic) bond motifs is 1. The number of ether oxygens (including phenoxy) is 2. The van der Waals surface area contributed by atoms with Crippen LogP contribution in [0, 0.1) is 5.92 Å². The van der Waals surface area contributed by atoms with Gasteiger partial charge in [0.1, 0.15) is 18.9 Å². The van der Waals surface area contributed by atoms with Crippen LogP contribution in [0.1, 0.15) is 59.3 Å². The van der Waals surface area contributed by atoms with Crippen LogP contribution < -0.4 is 15.7 Å². The molecule has 12 nitrogen and oxygen atoms in total. The summed E-state index contributed by atoms with van der Waals surface area (Å²) in [6.07, 6.45) is 1.23. The fraction of sp³-hybridized carbons (Fsp3) is 0.571. The van der Waals surface area contributed by atoms with Crippen LogP contribution in [0.25, 0.3) is 11.2 Å². The van der Waals surface area contributed by atoms with Crippen molar-refractivity contribution in [2.45, 2.75) is 77.9 Å². The van der Waals surface area contributed by atoms with Crippen molar-refractivity contribution in [1.29, 1.82) is 0 Å². The van der Waals surface area contributed by atoms with Crippen LogP contribution in [-0.4, -0.2) is 63.7 Å². The van der Waals surface area contributed by atoms with Gasteiger partial charge in [0, 0.05) is 25.9 Å². The first kappa shape index (κ1) is 31.8. The predicted molar refractivity (Wildman–Crippen MR) is 159 cm³/mol. The molecule has 0 radical (unpaired) electrons. The van der Waals surface area contributed by atoms with E-state index in [0.717, 1.165) is 13.0 Å². The number of carbonyl (C=O) groups excluding carboxylic acids is 1. The van der Waals surface area contributed by atoms with Crippen molar-refractivity contribution in [2.75, 3.05) is 30.8 Å². The first-order valence-electron chi connectivity index (χ1n) is 14.2. The molecule has 3 aromatic rings. The fourth-order valence-electron chi connectivity index (χ4n) is 5.03. The van der Waals surface area contributed by atoms with Crippen molar-refractivity contribution < 1.29 is 27.7 Å². The van der Waals surface area contributed by atoms with Crippen LogP contribution >= 0.6 is 7.52 Å². The summed E-state index contributed by atoms with van der Waals surface area (Å²) in [5, 5.41) is 2.78. The number of alkyl halides is 1. The third kappa shape index (κ3) is 7.44. The number of nitrogens with one attached hydrogen (secondary N) is 1. The van der Waals surface area contributed by atoms with Crippen LogP contribution in [0.15, 0.2) is 36.7 Å². The second-order valence-corrected chi connectivity index (χ2v) is 13.3. The number of hydrogen-bond donors (Lipinski definition) is 2. The van der Waals surface area contributed by atoms with Crippen LogP contribution in [0.3, 0.4) is 0 Å². The first-order valence-corrected chi connectivity index (χ1v) is 16.0. The average Bonchev–Trinajstić information content (AvgIpc) is 3.47. The number of nitrogens with two attached hydrogens (primary N) is 1. The number of benzene rings is 1. The van der Waals surface area contributed by atoms with Gasteiger partial charge < -0.3 is 24.6 Å². The Labute approximate surface area is 245 Å². The van der Waals surface area contributed by atoms with Crippen molar-refractivity contribution in [3.05, 3.63) is 42.2 Å². The van der Waals surface area contributed by atoms with Gasteiger partial charge in [-0.05, 0) is 32.8 Å². The number of hydrogen-bond acceptors (Lipinski definition) is 10. The molecule has 0 spiro atoms. The molecule has 1 aromatic carbocycles. The summed E-state index contributed by atoms with van der Waals surface area (Å²) in [5.41, 5.74) is 7.68. The van der Waals surface area contributed by atoms with Gasteiger partial charge in [0.2, 0.25) is 11.8 Å². The number of esters is 1. The summed E-state index contributed by atoms with van der Waals surface area (Å²) in [6.45, 7) is 9.00. The van der Waals surface area contributed by atoms with Crippen LogP contribution in [0.2, 0.25) is 0 Å². The van der Waals surface area contributed by atoms with Gasteiger partial charge >= 0.3 is 5.97 Å². The minimum atomic E-state index is -3.79. The zero-order valence-electron chi connectivity index (χ0n) is 25.0. The van der Waals surface area contributed by atoms with Gasteiger partial charge in [-0.1, -0.05) is 44.2 Å². The van der Waals surface area contributed by atoms with Crippen molar-refractivity contribution in [2.24, 2.45) is 5.92 Å². The lowest BCUT2D eigenvalue weighted by Crippen LogP contribution is -2.37. The number of nitrogen functional groups attached to an aromatic ring is 1. The molecule has 0 bridgehead atoms. The smallest absolute Gasteiger partial charge is 0.323 e. The number of carbonyl (C=O) groups is 1. The van der Waals surface area contributed by atoms with E-state index in [9.17, 15) is 9.36 Å². The van der Waals surface area contributed by atoms with E-state index >= 15 is 4.39 Å². The molecule has 1 fully saturated rings. The molecule has 3 N–H and O–H groups in total. The Morgan fingerprint density at radius 2 is 2.02 bits per heavy atom. The fourth-order valence-corrected chi connectivity index (χ4v) is 7.08. The lowest BCUT2D eigenvalue weighted by Gasteiger charge is -2.27. The second-order valence-electron chi connectivity index (χ2n) is 11.2. The van der Waals surface area contributed by atoms with Crippen molar-refractivity contribution >= 4 is 36.4 Å². The van der Waals surface area contributed by atoms with Crippen molar-refractivity contribution in [3.63, 3.8) is 0 Å². The van der Waals surface area contributed by atoms with Crippen LogP contribution in [-0.2, 0) is 29.5 Å². The summed E-state index contributed by atoms with van der Waals surface area (Å²) in [4.78, 5) is 27.6. The molecule has 1 saturated heterocycles. The van der Waals surface area contributed by atoms with E-state index in [1.165, 1.54) is 6.92 Å². The molecule has 4 rings (SSSR count). The largest absolute Gasteiger partial charge is 0.462 e. The Hall–Kier alpha value is -3.12. The van der Waals surface area contributed by atoms with Gasteiger partial charge in [-0.25, -0.2) is 14.5 Å². The molecular weight excluding hydrogens is 564 g/mol. The van der Waals surface area contributed by atoms with Gasteiger partial charge in [0.25, 0.3) is 7.52 Å². The number of anilines is 2. The number of halogens is 1. The Kier molecular flexibility index (Phi) is 9.87. The molecule has 2 aromatic heterocycles. The first-order chi connectivity index (χ1) is 19.8. The Balaban J connectivity index is 1.54. The average molecular weight is 606 g/mol. The van der Waals surface area contributed by atoms with Crippen molar-refractivity contribution in [1.82, 2.24) is 24.6 Å². The van der Waals surface area contributed by atoms with E-state index in [0.29, 0.717) is 22.5 Å². The summed E-state index contributed by atoms with van der Waals surface area (Å²) < 4.78 is 48.9. The standard InChI is InChI=1S/C28H41FN7O5P/c1-7-13-35(6)23-22-24(33-27(30)32-23)36(17-31-22)25-19(4)14-28(29,41-25)16-39-42(38,15-21-11-9-8-10-12-21)34-20(5)26(37)40-18(2)3/h8-12,17-20,25H,7,13-16H2,1-6H3,(H,34,38)(H2,30,32,33)/t19-,20-,25+,28-,42-/m0/s1. The van der Waals surface area contributed by atoms with E-state index in [2.05, 4.69) is 27.0 Å². The summed E-state index contributed by atoms with van der Waals surface area (Å²) in [5.74, 6) is -2.51. The molecule has 5 atom stereocenters. The lowest BCUT2D eigenvalue weighted by atomic mass is 10.1. The summed E-state index contributed by atoms with van der Waals surface area (Å²) in [7, 11) is -1.90. The summed E-state index contributed by atoms with van der Waals surface area (Å²) in [6, 6.07) is 8.06. The predicted octanol–water partition coefficient (Wildman–Crippen LogP) is 4.82. The molecule has 42 heavy (non-hydrogen) atoms. The molecule has 0 aliphatic carbocycles. The van der Waals surface area contributed by atoms with Gasteiger partial charge in [0.15, 0.2) is 17.0 Å². The van der Waals surface area contributed by atoms with Crippen LogP contribution in [0.5, 0.6) is 0 Å². The van der Waals surface area contributed by atoms with E-state index in [-0.39, 0.29) is 30.6 Å². The molecule has 230 valence electrons. The molecule has 1 aliphatic heterocycles. The minimum Gasteiger partial charge on any atom is -0.462 e. The maximum atomic E-state index is 16.2. The number of aromatic nitrogens is 4. The normalized spacial score (nSPS) is 22.8. The van der Waals surface area contributed by atoms with Gasteiger partial charge in [0.05, 0.1) is 18.6 Å². The molecular formula is C28H41FN7O5P. The Bertz CT molecular complexity index is 1420. The van der Waals surface area contributed by atoms with Gasteiger partial charge in [-0.15, -0.1) is 0 Å². The molecule has 0 amide bonds. The highest BCUT2D eigenvalue weighted by molar-refractivity contribution is 7.56. The summed E-state index contributed by atoms with van der Waals surface area (Å²) >= 11 is 0. The highest BCUT2D eigenvalue weighted by atomic mass is 31.2. The topological polar surface area (TPSA) is 147 Å². The Morgan fingerprint density at radius 1 is 1.31 bits per heavy atom. The molecule has 0 saturated carbocycles. The second kappa shape index (κ2) is 13.0. The van der Waals surface area contributed by atoms with Gasteiger partial charge in [-0.2, -0.15) is 9.97 Å². The number of rotatable bonds is 13. The molecule has 0 unspecified atom stereocenters. The monoisotopic (exact) mass is 605 g/mol. The third-order valence-corrected chi connectivity index (χ3v) is 8.99. The number of imidazole rings is 1. The van der Waals surface area contributed by atoms with Crippen molar-refractivity contribution in [3.8, 4) is 0 Å². The van der Waals surface area contributed by atoms with E-state index in [1.807, 2.05) is 24.9 Å². The zero-order valence-corrected chi connectivity index (χ0v) is 25.9. The Morgan fingerprint density at radius 3 is 2.69 bits per heavy atom. The highest BCUT2D eigenvalue weighted by Crippen LogP contribution is 2.50. The van der Waals surface area contributed by atoms with E-state index in [1.54, 1.807) is 49.0 Å². The third-order valence-electron chi connectivity index (χ3n) is 6.88. The van der Waals surface area contributed by atoms with E-state index < -0.39 is 38.2 Å².